The second-order valence-corrected chi connectivity index (χ2v) is 4.39. The zero-order chi connectivity index (χ0) is 10.2. The molecule has 1 atom stereocenters. The normalized spacial score (nSPS) is 26.5. The molecular formula is C10H16N4. The molecule has 0 fully saturated rings. The lowest BCUT2D eigenvalue weighted by atomic mass is 9.72. The maximum atomic E-state index is 4.25. The van der Waals surface area contributed by atoms with Crippen LogP contribution >= 0.6 is 0 Å². The highest BCUT2D eigenvalue weighted by Crippen LogP contribution is 2.35. The van der Waals surface area contributed by atoms with Crippen LogP contribution in [0.2, 0.25) is 0 Å². The largest absolute Gasteiger partial charge is 0.328 e. The molecule has 14 heavy (non-hydrogen) atoms. The van der Waals surface area contributed by atoms with Crippen LogP contribution in [0.25, 0.3) is 0 Å². The van der Waals surface area contributed by atoms with Crippen molar-refractivity contribution in [2.45, 2.75) is 31.7 Å². The zero-order valence-electron chi connectivity index (χ0n) is 8.76. The molecule has 4 heteroatoms. The average Bonchev–Trinajstić information content (AvgIpc) is 2.73. The third-order valence-electron chi connectivity index (χ3n) is 3.27. The molecule has 0 saturated heterocycles. The first-order valence-electron chi connectivity index (χ1n) is 4.77. The molecule has 0 saturated carbocycles. The minimum atomic E-state index is -0.109. The highest BCUT2D eigenvalue weighted by atomic mass is 15.4. The minimum Gasteiger partial charge on any atom is -0.328 e. The highest BCUT2D eigenvalue weighted by molar-refractivity contribution is 5.27. The molecule has 0 spiro atoms. The van der Waals surface area contributed by atoms with E-state index < -0.39 is 0 Å². The summed E-state index contributed by atoms with van der Waals surface area (Å²) in [6.45, 7) is 6.50. The van der Waals surface area contributed by atoms with Crippen molar-refractivity contribution in [2.75, 3.05) is 0 Å². The Labute approximate surface area is 83.8 Å². The van der Waals surface area contributed by atoms with Gasteiger partial charge in [0.1, 0.15) is 0 Å². The zero-order valence-corrected chi connectivity index (χ0v) is 8.76. The summed E-state index contributed by atoms with van der Waals surface area (Å²) in [5.74, 6) is 0. The number of hydrazine groups is 1. The lowest BCUT2D eigenvalue weighted by Crippen LogP contribution is -2.55. The minimum absolute atomic E-state index is 0.0625. The number of aromatic nitrogens is 2. The van der Waals surface area contributed by atoms with Crippen molar-refractivity contribution in [3.05, 3.63) is 30.2 Å². The van der Waals surface area contributed by atoms with E-state index in [2.05, 4.69) is 47.9 Å². The average molecular weight is 192 g/mol. The molecule has 0 unspecified atom stereocenters. The SMILES string of the molecule is CC(C)(c1cc[nH]n1)[C@@]1(C)C=CNN1. The van der Waals surface area contributed by atoms with Gasteiger partial charge in [-0.1, -0.05) is 13.8 Å². The van der Waals surface area contributed by atoms with Crippen molar-refractivity contribution in [3.63, 3.8) is 0 Å². The maximum absolute atomic E-state index is 4.25. The second-order valence-electron chi connectivity index (χ2n) is 4.39. The van der Waals surface area contributed by atoms with E-state index >= 15 is 0 Å². The molecule has 0 bridgehead atoms. The van der Waals surface area contributed by atoms with Crippen molar-refractivity contribution in [3.8, 4) is 0 Å². The summed E-state index contributed by atoms with van der Waals surface area (Å²) in [5, 5.41) is 7.11. The van der Waals surface area contributed by atoms with Gasteiger partial charge in [0.05, 0.1) is 11.2 Å². The van der Waals surface area contributed by atoms with Crippen molar-refractivity contribution < 1.29 is 0 Å². The molecular weight excluding hydrogens is 176 g/mol. The molecule has 2 rings (SSSR count). The highest BCUT2D eigenvalue weighted by Gasteiger charge is 2.43. The Morgan fingerprint density at radius 3 is 2.71 bits per heavy atom. The predicted octanol–water partition coefficient (Wildman–Crippen LogP) is 1.07. The summed E-state index contributed by atoms with van der Waals surface area (Å²) in [4.78, 5) is 0. The van der Waals surface area contributed by atoms with E-state index in [1.54, 1.807) is 0 Å². The van der Waals surface area contributed by atoms with Gasteiger partial charge in [-0.2, -0.15) is 5.10 Å². The number of hydrogen-bond donors (Lipinski definition) is 3. The van der Waals surface area contributed by atoms with E-state index in [0.29, 0.717) is 0 Å². The van der Waals surface area contributed by atoms with Gasteiger partial charge in [0.25, 0.3) is 0 Å². The first kappa shape index (κ1) is 9.27. The van der Waals surface area contributed by atoms with Crippen LogP contribution in [0.3, 0.4) is 0 Å². The summed E-state index contributed by atoms with van der Waals surface area (Å²) in [6.07, 6.45) is 5.91. The molecule has 76 valence electrons. The van der Waals surface area contributed by atoms with E-state index in [9.17, 15) is 0 Å². The van der Waals surface area contributed by atoms with Crippen LogP contribution in [-0.2, 0) is 5.41 Å². The summed E-state index contributed by atoms with van der Waals surface area (Å²) in [6, 6.07) is 2.01. The molecule has 0 radical (unpaired) electrons. The number of H-pyrrole nitrogens is 1. The third-order valence-corrected chi connectivity index (χ3v) is 3.27. The molecule has 1 aliphatic rings. The van der Waals surface area contributed by atoms with Gasteiger partial charge in [-0.25, -0.2) is 5.43 Å². The molecule has 2 heterocycles. The Balaban J connectivity index is 2.37. The molecule has 1 aliphatic heterocycles. The summed E-state index contributed by atoms with van der Waals surface area (Å²) in [7, 11) is 0. The molecule has 1 aromatic rings. The Morgan fingerprint density at radius 2 is 2.21 bits per heavy atom. The topological polar surface area (TPSA) is 52.7 Å². The van der Waals surface area contributed by atoms with Gasteiger partial charge in [0.15, 0.2) is 0 Å². The fourth-order valence-electron chi connectivity index (χ4n) is 1.68. The van der Waals surface area contributed by atoms with Gasteiger partial charge < -0.3 is 5.43 Å². The monoisotopic (exact) mass is 192 g/mol. The first-order chi connectivity index (χ1) is 6.56. The van der Waals surface area contributed by atoms with Gasteiger partial charge >= 0.3 is 0 Å². The molecule has 3 N–H and O–H groups in total. The standard InChI is InChI=1S/C10H16N4/c1-9(2,8-4-6-11-13-8)10(3)5-7-12-14-10/h4-7,12,14H,1-3H3,(H,11,13)/t10-/m1/s1. The van der Waals surface area contributed by atoms with Gasteiger partial charge in [-0.15, -0.1) is 0 Å². The van der Waals surface area contributed by atoms with E-state index in [1.165, 1.54) is 0 Å². The number of nitrogens with one attached hydrogen (secondary N) is 3. The van der Waals surface area contributed by atoms with Crippen LogP contribution in [0, 0.1) is 0 Å². The van der Waals surface area contributed by atoms with E-state index in [-0.39, 0.29) is 11.0 Å². The van der Waals surface area contributed by atoms with Gasteiger partial charge in [-0.05, 0) is 19.1 Å². The molecule has 0 aromatic carbocycles. The summed E-state index contributed by atoms with van der Waals surface area (Å²) in [5.41, 5.74) is 7.14. The second kappa shape index (κ2) is 2.85. The Hall–Kier alpha value is -1.29. The van der Waals surface area contributed by atoms with Crippen LogP contribution in [-0.4, -0.2) is 15.7 Å². The van der Waals surface area contributed by atoms with Crippen LogP contribution in [0.1, 0.15) is 26.5 Å². The molecule has 0 aliphatic carbocycles. The number of rotatable bonds is 2. The number of hydrogen-bond acceptors (Lipinski definition) is 3. The van der Waals surface area contributed by atoms with E-state index in [0.717, 1.165) is 5.69 Å². The van der Waals surface area contributed by atoms with Gasteiger partial charge in [0, 0.05) is 17.8 Å². The van der Waals surface area contributed by atoms with Crippen LogP contribution < -0.4 is 10.9 Å². The van der Waals surface area contributed by atoms with Crippen LogP contribution in [0.15, 0.2) is 24.5 Å². The summed E-state index contributed by atoms with van der Waals surface area (Å²) < 4.78 is 0. The molecule has 1 aromatic heterocycles. The molecule has 4 nitrogen and oxygen atoms in total. The number of nitrogens with zero attached hydrogens (tertiary/aromatic N) is 1. The fourth-order valence-corrected chi connectivity index (χ4v) is 1.68. The fraction of sp³-hybridized carbons (Fsp3) is 0.500. The van der Waals surface area contributed by atoms with Gasteiger partial charge in [0.2, 0.25) is 0 Å². The third kappa shape index (κ3) is 1.14. The lowest BCUT2D eigenvalue weighted by Gasteiger charge is -2.38. The van der Waals surface area contributed by atoms with Crippen molar-refractivity contribution in [1.82, 2.24) is 21.0 Å². The van der Waals surface area contributed by atoms with Crippen LogP contribution in [0.5, 0.6) is 0 Å². The molecule has 0 amide bonds. The number of aromatic amines is 1. The smallest absolute Gasteiger partial charge is 0.0700 e. The van der Waals surface area contributed by atoms with Crippen molar-refractivity contribution >= 4 is 0 Å². The van der Waals surface area contributed by atoms with E-state index in [4.69, 9.17) is 0 Å². The van der Waals surface area contributed by atoms with E-state index in [1.807, 2.05) is 18.5 Å². The van der Waals surface area contributed by atoms with Gasteiger partial charge in [-0.3, -0.25) is 5.10 Å². The Kier molecular flexibility index (Phi) is 1.89. The maximum Gasteiger partial charge on any atom is 0.0700 e. The Morgan fingerprint density at radius 1 is 1.43 bits per heavy atom. The first-order valence-corrected chi connectivity index (χ1v) is 4.77. The quantitative estimate of drug-likeness (QED) is 0.657. The lowest BCUT2D eigenvalue weighted by molar-refractivity contribution is 0.269. The van der Waals surface area contributed by atoms with Crippen molar-refractivity contribution in [2.24, 2.45) is 0 Å². The Bertz CT molecular complexity index is 339. The predicted molar refractivity (Wildman–Crippen MR) is 55.4 cm³/mol. The van der Waals surface area contributed by atoms with Crippen molar-refractivity contribution in [1.29, 1.82) is 0 Å². The summed E-state index contributed by atoms with van der Waals surface area (Å²) >= 11 is 0. The van der Waals surface area contributed by atoms with Crippen LogP contribution in [0.4, 0.5) is 0 Å².